The number of hydrogen-bond donors (Lipinski definition) is 0. The quantitative estimate of drug-likeness (QED) is 0.363. The van der Waals surface area contributed by atoms with E-state index in [1.807, 2.05) is 20.8 Å². The summed E-state index contributed by atoms with van der Waals surface area (Å²) < 4.78 is 15.4. The van der Waals surface area contributed by atoms with Gasteiger partial charge in [0.05, 0.1) is 32.8 Å². The van der Waals surface area contributed by atoms with Crippen LogP contribution in [0.4, 0.5) is 0 Å². The highest BCUT2D eigenvalue weighted by molar-refractivity contribution is 5.69. The molecule has 16 heavy (non-hydrogen) atoms. The van der Waals surface area contributed by atoms with Crippen LogP contribution in [0.25, 0.3) is 0 Å². The van der Waals surface area contributed by atoms with Crippen LogP contribution in [0.15, 0.2) is 12.7 Å². The number of hydrogen-bond acceptors (Lipinski definition) is 4. The predicted molar refractivity (Wildman–Crippen MR) is 62.3 cm³/mol. The average molecular weight is 230 g/mol. The summed E-state index contributed by atoms with van der Waals surface area (Å²) in [5, 5.41) is 0. The number of carbonyl (C=O) groups is 1. The highest BCUT2D eigenvalue weighted by Crippen LogP contribution is 2.07. The molecule has 0 N–H and O–H groups in total. The molecular weight excluding hydrogens is 208 g/mol. The monoisotopic (exact) mass is 230 g/mol. The third kappa shape index (κ3) is 11.2. The van der Waals surface area contributed by atoms with Gasteiger partial charge in [-0.25, -0.2) is 0 Å². The highest BCUT2D eigenvalue weighted by Gasteiger charge is 2.15. The van der Waals surface area contributed by atoms with Gasteiger partial charge in [0.25, 0.3) is 0 Å². The first-order chi connectivity index (χ1) is 7.45. The Labute approximate surface area is 97.6 Å². The van der Waals surface area contributed by atoms with Crippen molar-refractivity contribution in [2.75, 3.05) is 26.4 Å². The summed E-state index contributed by atoms with van der Waals surface area (Å²) >= 11 is 0. The summed E-state index contributed by atoms with van der Waals surface area (Å²) in [6.45, 7) is 10.9. The molecule has 0 amide bonds. The Morgan fingerprint density at radius 3 is 2.38 bits per heavy atom. The van der Waals surface area contributed by atoms with Crippen molar-refractivity contribution < 1.29 is 19.0 Å². The molecule has 0 spiro atoms. The zero-order chi connectivity index (χ0) is 12.4. The van der Waals surface area contributed by atoms with Gasteiger partial charge < -0.3 is 14.2 Å². The third-order valence-electron chi connectivity index (χ3n) is 1.48. The molecule has 0 saturated carbocycles. The molecule has 0 aliphatic rings. The first-order valence-electron chi connectivity index (χ1n) is 5.44. The third-order valence-corrected chi connectivity index (χ3v) is 1.48. The lowest BCUT2D eigenvalue weighted by atomic mass is 10.2. The number of esters is 1. The molecule has 0 aromatic rings. The number of rotatable bonds is 8. The molecule has 0 aromatic heterocycles. The zero-order valence-corrected chi connectivity index (χ0v) is 10.5. The zero-order valence-electron chi connectivity index (χ0n) is 10.5. The van der Waals surface area contributed by atoms with Crippen LogP contribution in [0.3, 0.4) is 0 Å². The molecule has 4 heteroatoms. The fourth-order valence-electron chi connectivity index (χ4n) is 0.935. The molecule has 4 nitrogen and oxygen atoms in total. The topological polar surface area (TPSA) is 44.8 Å². The van der Waals surface area contributed by atoms with Crippen molar-refractivity contribution >= 4 is 5.97 Å². The van der Waals surface area contributed by atoms with E-state index in [4.69, 9.17) is 14.2 Å². The van der Waals surface area contributed by atoms with Crippen LogP contribution in [0.2, 0.25) is 0 Å². The summed E-state index contributed by atoms with van der Waals surface area (Å²) in [4.78, 5) is 11.2. The summed E-state index contributed by atoms with van der Waals surface area (Å²) in [5.74, 6) is -0.237. The van der Waals surface area contributed by atoms with Crippen LogP contribution in [0, 0.1) is 0 Å². The van der Waals surface area contributed by atoms with Crippen molar-refractivity contribution in [3.63, 3.8) is 0 Å². The van der Waals surface area contributed by atoms with Crippen molar-refractivity contribution in [1.29, 1.82) is 0 Å². The Hall–Kier alpha value is -0.870. The van der Waals surface area contributed by atoms with Gasteiger partial charge in [-0.05, 0) is 20.8 Å². The first-order valence-corrected chi connectivity index (χ1v) is 5.44. The molecule has 0 unspecified atom stereocenters. The molecule has 94 valence electrons. The molecule has 0 bridgehead atoms. The SMILES string of the molecule is C=CCOCCOCCC(=O)OC(C)(C)C. The van der Waals surface area contributed by atoms with Gasteiger partial charge in [0.1, 0.15) is 5.60 Å². The normalized spacial score (nSPS) is 11.2. The Morgan fingerprint density at radius 1 is 1.19 bits per heavy atom. The maximum absolute atomic E-state index is 11.2. The molecule has 0 rings (SSSR count). The summed E-state index contributed by atoms with van der Waals surface area (Å²) in [6, 6.07) is 0. The largest absolute Gasteiger partial charge is 0.460 e. The van der Waals surface area contributed by atoms with Gasteiger partial charge in [-0.3, -0.25) is 4.79 Å². The highest BCUT2D eigenvalue weighted by atomic mass is 16.6. The molecular formula is C12H22O4. The average Bonchev–Trinajstić information content (AvgIpc) is 2.13. The lowest BCUT2D eigenvalue weighted by Gasteiger charge is -2.19. The molecule has 0 heterocycles. The maximum atomic E-state index is 11.2. The fourth-order valence-corrected chi connectivity index (χ4v) is 0.935. The van der Waals surface area contributed by atoms with Crippen molar-refractivity contribution in [3.8, 4) is 0 Å². The van der Waals surface area contributed by atoms with Crippen molar-refractivity contribution in [2.24, 2.45) is 0 Å². The molecule has 0 aliphatic heterocycles. The first kappa shape index (κ1) is 15.1. The lowest BCUT2D eigenvalue weighted by Crippen LogP contribution is -2.24. The minimum absolute atomic E-state index is 0.237. The van der Waals surface area contributed by atoms with Crippen molar-refractivity contribution in [1.82, 2.24) is 0 Å². The Balaban J connectivity index is 3.31. The minimum atomic E-state index is -0.426. The van der Waals surface area contributed by atoms with Gasteiger partial charge in [-0.2, -0.15) is 0 Å². The molecule has 0 fully saturated rings. The van der Waals surface area contributed by atoms with Crippen LogP contribution < -0.4 is 0 Å². The smallest absolute Gasteiger partial charge is 0.308 e. The van der Waals surface area contributed by atoms with Crippen LogP contribution >= 0.6 is 0 Å². The fraction of sp³-hybridized carbons (Fsp3) is 0.750. The van der Waals surface area contributed by atoms with E-state index >= 15 is 0 Å². The van der Waals surface area contributed by atoms with E-state index in [0.717, 1.165) is 0 Å². The molecule has 0 radical (unpaired) electrons. The number of ether oxygens (including phenoxy) is 3. The van der Waals surface area contributed by atoms with Crippen LogP contribution in [0.5, 0.6) is 0 Å². The molecule has 0 aliphatic carbocycles. The second kappa shape index (κ2) is 8.30. The Kier molecular flexibility index (Phi) is 7.85. The van der Waals surface area contributed by atoms with E-state index in [1.54, 1.807) is 6.08 Å². The van der Waals surface area contributed by atoms with Gasteiger partial charge in [-0.15, -0.1) is 6.58 Å². The Morgan fingerprint density at radius 2 is 1.81 bits per heavy atom. The van der Waals surface area contributed by atoms with E-state index in [-0.39, 0.29) is 12.4 Å². The van der Waals surface area contributed by atoms with Gasteiger partial charge in [0, 0.05) is 0 Å². The van der Waals surface area contributed by atoms with E-state index in [2.05, 4.69) is 6.58 Å². The van der Waals surface area contributed by atoms with Crippen molar-refractivity contribution in [2.45, 2.75) is 32.8 Å². The van der Waals surface area contributed by atoms with Gasteiger partial charge in [0.15, 0.2) is 0 Å². The standard InChI is InChI=1S/C12H22O4/c1-5-7-14-9-10-15-8-6-11(13)16-12(2,3)4/h5H,1,6-10H2,2-4H3. The van der Waals surface area contributed by atoms with E-state index in [0.29, 0.717) is 26.4 Å². The van der Waals surface area contributed by atoms with Crippen molar-refractivity contribution in [3.05, 3.63) is 12.7 Å². The molecule has 0 atom stereocenters. The van der Waals surface area contributed by atoms with Gasteiger partial charge >= 0.3 is 5.97 Å². The molecule has 0 saturated heterocycles. The predicted octanol–water partition coefficient (Wildman–Crippen LogP) is 1.94. The van der Waals surface area contributed by atoms with Gasteiger partial charge in [0.2, 0.25) is 0 Å². The summed E-state index contributed by atoms with van der Waals surface area (Å²) in [7, 11) is 0. The van der Waals surface area contributed by atoms with E-state index in [1.165, 1.54) is 0 Å². The van der Waals surface area contributed by atoms with Crippen LogP contribution in [-0.4, -0.2) is 38.0 Å². The van der Waals surface area contributed by atoms with E-state index in [9.17, 15) is 4.79 Å². The summed E-state index contributed by atoms with van der Waals surface area (Å²) in [5.41, 5.74) is -0.426. The van der Waals surface area contributed by atoms with Crippen LogP contribution in [-0.2, 0) is 19.0 Å². The minimum Gasteiger partial charge on any atom is -0.460 e. The second-order valence-corrected chi connectivity index (χ2v) is 4.31. The molecule has 0 aromatic carbocycles. The Bertz CT molecular complexity index is 206. The lowest BCUT2D eigenvalue weighted by molar-refractivity contribution is -0.156. The van der Waals surface area contributed by atoms with E-state index < -0.39 is 5.60 Å². The maximum Gasteiger partial charge on any atom is 0.308 e. The second-order valence-electron chi connectivity index (χ2n) is 4.31. The summed E-state index contributed by atoms with van der Waals surface area (Å²) in [6.07, 6.45) is 1.96. The van der Waals surface area contributed by atoms with Gasteiger partial charge in [-0.1, -0.05) is 6.08 Å². The number of carbonyl (C=O) groups excluding carboxylic acids is 1. The van der Waals surface area contributed by atoms with Crippen LogP contribution in [0.1, 0.15) is 27.2 Å².